The molecular weight excluding hydrogens is 227 g/mol. The average Bonchev–Trinajstić information content (AvgIpc) is 2.15. The zero-order chi connectivity index (χ0) is 11.6. The number of rotatable bonds is 1. The van der Waals surface area contributed by atoms with Gasteiger partial charge in [0.05, 0.1) is 11.2 Å². The van der Waals surface area contributed by atoms with Crippen LogP contribution in [0.3, 0.4) is 0 Å². The summed E-state index contributed by atoms with van der Waals surface area (Å²) in [4.78, 5) is 12.9. The van der Waals surface area contributed by atoms with Crippen LogP contribution in [-0.2, 0) is 4.79 Å². The summed E-state index contributed by atoms with van der Waals surface area (Å²) >= 11 is 3.97. The number of alkyl halides is 3. The van der Waals surface area contributed by atoms with Crippen LogP contribution in [0.25, 0.3) is 0 Å². The van der Waals surface area contributed by atoms with Gasteiger partial charge in [0.1, 0.15) is 0 Å². The van der Waals surface area contributed by atoms with Gasteiger partial charge in [0.2, 0.25) is 5.91 Å². The van der Waals surface area contributed by atoms with Crippen LogP contribution < -0.4 is 0 Å². The summed E-state index contributed by atoms with van der Waals surface area (Å²) < 4.78 is 36.9. The van der Waals surface area contributed by atoms with Crippen LogP contribution in [0, 0.1) is 5.92 Å². The van der Waals surface area contributed by atoms with Gasteiger partial charge >= 0.3 is 6.18 Å². The predicted octanol–water partition coefficient (Wildman–Crippen LogP) is 2.11. The SMILES string of the molecule is CC(S)C(=O)N1CCC(C(F)(F)F)CC1. The van der Waals surface area contributed by atoms with Gasteiger partial charge in [-0.3, -0.25) is 4.79 Å². The molecule has 15 heavy (non-hydrogen) atoms. The first-order valence-electron chi connectivity index (χ1n) is 4.86. The topological polar surface area (TPSA) is 20.3 Å². The van der Waals surface area contributed by atoms with Gasteiger partial charge < -0.3 is 4.90 Å². The number of hydrogen-bond acceptors (Lipinski definition) is 2. The third-order valence-electron chi connectivity index (χ3n) is 2.63. The average molecular weight is 241 g/mol. The van der Waals surface area contributed by atoms with Crippen LogP contribution in [-0.4, -0.2) is 35.3 Å². The predicted molar refractivity (Wildman–Crippen MR) is 53.8 cm³/mol. The molecule has 0 saturated carbocycles. The Hall–Kier alpha value is -0.390. The van der Waals surface area contributed by atoms with Crippen molar-refractivity contribution in [3.05, 3.63) is 0 Å². The molecule has 88 valence electrons. The molecule has 1 aliphatic heterocycles. The van der Waals surface area contributed by atoms with E-state index in [2.05, 4.69) is 12.6 Å². The van der Waals surface area contributed by atoms with Gasteiger partial charge in [-0.1, -0.05) is 0 Å². The molecule has 0 aliphatic carbocycles. The first kappa shape index (κ1) is 12.7. The Morgan fingerprint density at radius 3 is 2.20 bits per heavy atom. The highest BCUT2D eigenvalue weighted by atomic mass is 32.1. The van der Waals surface area contributed by atoms with Crippen molar-refractivity contribution in [1.29, 1.82) is 0 Å². The maximum Gasteiger partial charge on any atom is 0.391 e. The van der Waals surface area contributed by atoms with Crippen LogP contribution in [0.5, 0.6) is 0 Å². The van der Waals surface area contributed by atoms with Crippen molar-refractivity contribution in [3.8, 4) is 0 Å². The van der Waals surface area contributed by atoms with Crippen LogP contribution >= 0.6 is 12.6 Å². The minimum atomic E-state index is -4.12. The number of carbonyl (C=O) groups is 1. The lowest BCUT2D eigenvalue weighted by Crippen LogP contribution is -2.44. The van der Waals surface area contributed by atoms with E-state index < -0.39 is 17.3 Å². The van der Waals surface area contributed by atoms with E-state index >= 15 is 0 Å². The molecule has 1 heterocycles. The fourth-order valence-electron chi connectivity index (χ4n) is 1.69. The number of likely N-dealkylation sites (tertiary alicyclic amines) is 1. The van der Waals surface area contributed by atoms with E-state index in [0.29, 0.717) is 0 Å². The number of halogens is 3. The van der Waals surface area contributed by atoms with Gasteiger partial charge in [-0.2, -0.15) is 25.8 Å². The molecule has 0 spiro atoms. The minimum Gasteiger partial charge on any atom is -0.342 e. The Bertz CT molecular complexity index is 234. The van der Waals surface area contributed by atoms with E-state index in [0.717, 1.165) is 0 Å². The van der Waals surface area contributed by atoms with E-state index in [4.69, 9.17) is 0 Å². The van der Waals surface area contributed by atoms with Crippen molar-refractivity contribution >= 4 is 18.5 Å². The fraction of sp³-hybridized carbons (Fsp3) is 0.889. The van der Waals surface area contributed by atoms with Gasteiger partial charge in [-0.05, 0) is 19.8 Å². The zero-order valence-corrected chi connectivity index (χ0v) is 9.31. The number of hydrogen-bond donors (Lipinski definition) is 1. The number of amides is 1. The highest BCUT2D eigenvalue weighted by Gasteiger charge is 2.41. The van der Waals surface area contributed by atoms with Crippen molar-refractivity contribution < 1.29 is 18.0 Å². The van der Waals surface area contributed by atoms with E-state index in [9.17, 15) is 18.0 Å². The molecule has 1 rings (SSSR count). The second-order valence-electron chi connectivity index (χ2n) is 3.82. The van der Waals surface area contributed by atoms with Crippen molar-refractivity contribution in [3.63, 3.8) is 0 Å². The first-order chi connectivity index (χ1) is 6.82. The van der Waals surface area contributed by atoms with Crippen LogP contribution in [0.4, 0.5) is 13.2 Å². The van der Waals surface area contributed by atoms with Crippen molar-refractivity contribution in [2.75, 3.05) is 13.1 Å². The summed E-state index contributed by atoms with van der Waals surface area (Å²) in [6, 6.07) is 0. The maximum atomic E-state index is 12.3. The van der Waals surface area contributed by atoms with Crippen LogP contribution in [0.2, 0.25) is 0 Å². The van der Waals surface area contributed by atoms with Gasteiger partial charge in [0.15, 0.2) is 0 Å². The summed E-state index contributed by atoms with van der Waals surface area (Å²) in [5.74, 6) is -1.43. The molecule has 0 bridgehead atoms. The van der Waals surface area contributed by atoms with Crippen molar-refractivity contribution in [2.24, 2.45) is 5.92 Å². The third-order valence-corrected chi connectivity index (χ3v) is 2.85. The molecule has 2 nitrogen and oxygen atoms in total. The van der Waals surface area contributed by atoms with Gasteiger partial charge in [0, 0.05) is 13.1 Å². The number of piperidine rings is 1. The molecular formula is C9H14F3NOS. The standard InChI is InChI=1S/C9H14F3NOS/c1-6(15)8(14)13-4-2-7(3-5-13)9(10,11)12/h6-7,15H,2-5H2,1H3. The van der Waals surface area contributed by atoms with Crippen molar-refractivity contribution in [2.45, 2.75) is 31.2 Å². The normalized spacial score (nSPS) is 21.5. The smallest absolute Gasteiger partial charge is 0.342 e. The monoisotopic (exact) mass is 241 g/mol. The van der Waals surface area contributed by atoms with Crippen molar-refractivity contribution in [1.82, 2.24) is 4.90 Å². The fourth-order valence-corrected chi connectivity index (χ4v) is 1.85. The molecule has 1 aliphatic rings. The quantitative estimate of drug-likeness (QED) is 0.697. The molecule has 1 saturated heterocycles. The molecule has 0 aromatic rings. The second-order valence-corrected chi connectivity index (χ2v) is 4.59. The Labute approximate surface area is 92.2 Å². The largest absolute Gasteiger partial charge is 0.391 e. The molecule has 1 fully saturated rings. The highest BCUT2D eigenvalue weighted by Crippen LogP contribution is 2.34. The molecule has 1 amide bonds. The molecule has 1 atom stereocenters. The van der Waals surface area contributed by atoms with Crippen LogP contribution in [0.15, 0.2) is 0 Å². The molecule has 1 unspecified atom stereocenters. The van der Waals surface area contributed by atoms with Crippen LogP contribution in [0.1, 0.15) is 19.8 Å². The lowest BCUT2D eigenvalue weighted by molar-refractivity contribution is -0.186. The lowest BCUT2D eigenvalue weighted by Gasteiger charge is -2.33. The van der Waals surface area contributed by atoms with E-state index in [1.807, 2.05) is 0 Å². The summed E-state index contributed by atoms with van der Waals surface area (Å²) in [6.07, 6.45) is -4.10. The summed E-state index contributed by atoms with van der Waals surface area (Å²) in [5, 5.41) is -0.438. The Morgan fingerprint density at radius 2 is 1.87 bits per heavy atom. The van der Waals surface area contributed by atoms with E-state index in [1.165, 1.54) is 4.90 Å². The third kappa shape index (κ3) is 3.29. The summed E-state index contributed by atoms with van der Waals surface area (Å²) in [5.41, 5.74) is 0. The second kappa shape index (κ2) is 4.63. The lowest BCUT2D eigenvalue weighted by atomic mass is 9.96. The first-order valence-corrected chi connectivity index (χ1v) is 5.37. The van der Waals surface area contributed by atoms with Gasteiger partial charge in [0.25, 0.3) is 0 Å². The number of nitrogens with zero attached hydrogens (tertiary/aromatic N) is 1. The molecule has 6 heteroatoms. The Morgan fingerprint density at radius 1 is 1.40 bits per heavy atom. The Balaban J connectivity index is 2.46. The molecule has 0 aromatic heterocycles. The van der Waals surface area contributed by atoms with Gasteiger partial charge in [-0.15, -0.1) is 0 Å². The zero-order valence-electron chi connectivity index (χ0n) is 8.42. The number of thiol groups is 1. The summed E-state index contributed by atoms with van der Waals surface area (Å²) in [6.45, 7) is 2.00. The molecule has 0 aromatic carbocycles. The Kier molecular flexibility index (Phi) is 3.92. The molecule has 0 N–H and O–H groups in total. The summed E-state index contributed by atoms with van der Waals surface area (Å²) in [7, 11) is 0. The van der Waals surface area contributed by atoms with Gasteiger partial charge in [-0.25, -0.2) is 0 Å². The highest BCUT2D eigenvalue weighted by molar-refractivity contribution is 7.81. The van der Waals surface area contributed by atoms with E-state index in [1.54, 1.807) is 6.92 Å². The minimum absolute atomic E-state index is 0.00966. The molecule has 0 radical (unpaired) electrons. The maximum absolute atomic E-state index is 12.3. The number of carbonyl (C=O) groups excluding carboxylic acids is 1. The van der Waals surface area contributed by atoms with E-state index in [-0.39, 0.29) is 31.8 Å².